The van der Waals surface area contributed by atoms with Crippen LogP contribution in [0.1, 0.15) is 11.6 Å². The van der Waals surface area contributed by atoms with Crippen molar-refractivity contribution in [1.82, 2.24) is 0 Å². The van der Waals surface area contributed by atoms with Crippen molar-refractivity contribution in [3.8, 4) is 6.07 Å². The second kappa shape index (κ2) is 6.69. The molecule has 20 heavy (non-hydrogen) atoms. The molecule has 2 rings (SSSR count). The Morgan fingerprint density at radius 1 is 1.00 bits per heavy atom. The van der Waals surface area contributed by atoms with Gasteiger partial charge in [0.1, 0.15) is 6.04 Å². The summed E-state index contributed by atoms with van der Waals surface area (Å²) in [6.07, 6.45) is 0. The quantitative estimate of drug-likeness (QED) is 0.689. The third kappa shape index (κ3) is 3.59. The monoisotopic (exact) mass is 388 g/mol. The molecule has 0 aliphatic heterocycles. The number of nitrogens with one attached hydrogen (secondary N) is 1. The summed E-state index contributed by atoms with van der Waals surface area (Å²) in [5.74, 6) is 0. The van der Waals surface area contributed by atoms with Crippen molar-refractivity contribution in [2.24, 2.45) is 0 Å². The van der Waals surface area contributed by atoms with Crippen molar-refractivity contribution < 1.29 is 0 Å². The Morgan fingerprint density at radius 3 is 2.30 bits per heavy atom. The lowest BCUT2D eigenvalue weighted by molar-refractivity contribution is 0.997. The summed E-state index contributed by atoms with van der Waals surface area (Å²) in [6, 6.07) is 12.1. The van der Waals surface area contributed by atoms with Crippen molar-refractivity contribution >= 4 is 56.4 Å². The fraction of sp³-hybridized carbons (Fsp3) is 0.0714. The molecule has 102 valence electrons. The zero-order valence-corrected chi connectivity index (χ0v) is 13.9. The third-order valence-corrected chi connectivity index (χ3v) is 4.59. The van der Waals surface area contributed by atoms with Gasteiger partial charge in [-0.3, -0.25) is 0 Å². The van der Waals surface area contributed by atoms with E-state index in [1.165, 1.54) is 0 Å². The van der Waals surface area contributed by atoms with Gasteiger partial charge in [0.05, 0.1) is 21.1 Å². The standard InChI is InChI=1S/C14H8BrCl3N2/c15-10-6-9(2-4-11(10)16)20-14(7-19)8-1-3-12(17)13(18)5-8/h1-6,14,20H. The van der Waals surface area contributed by atoms with Gasteiger partial charge in [0, 0.05) is 10.2 Å². The highest BCUT2D eigenvalue weighted by molar-refractivity contribution is 9.10. The van der Waals surface area contributed by atoms with Crippen LogP contribution in [0.5, 0.6) is 0 Å². The van der Waals surface area contributed by atoms with Gasteiger partial charge in [0.25, 0.3) is 0 Å². The first-order valence-electron chi connectivity index (χ1n) is 5.57. The van der Waals surface area contributed by atoms with Crippen molar-refractivity contribution in [3.63, 3.8) is 0 Å². The molecule has 1 unspecified atom stereocenters. The summed E-state index contributed by atoms with van der Waals surface area (Å²) in [4.78, 5) is 0. The molecule has 0 bridgehead atoms. The second-order valence-electron chi connectivity index (χ2n) is 4.01. The maximum atomic E-state index is 9.30. The van der Waals surface area contributed by atoms with Gasteiger partial charge in [0.2, 0.25) is 0 Å². The minimum atomic E-state index is -0.530. The number of rotatable bonds is 3. The molecule has 2 aromatic rings. The molecule has 0 aliphatic rings. The first-order chi connectivity index (χ1) is 9.51. The maximum absolute atomic E-state index is 9.30. The molecule has 0 aromatic heterocycles. The molecule has 0 spiro atoms. The molecular formula is C14H8BrCl3N2. The summed E-state index contributed by atoms with van der Waals surface area (Å²) in [5.41, 5.74) is 1.52. The molecule has 0 heterocycles. The molecule has 1 atom stereocenters. The Morgan fingerprint density at radius 2 is 1.70 bits per heavy atom. The lowest BCUT2D eigenvalue weighted by Crippen LogP contribution is -2.08. The van der Waals surface area contributed by atoms with E-state index in [9.17, 15) is 5.26 Å². The zero-order chi connectivity index (χ0) is 14.7. The average molecular weight is 390 g/mol. The first-order valence-corrected chi connectivity index (χ1v) is 7.50. The molecule has 2 aromatic carbocycles. The number of anilines is 1. The lowest BCUT2D eigenvalue weighted by atomic mass is 10.1. The summed E-state index contributed by atoms with van der Waals surface area (Å²) in [7, 11) is 0. The highest BCUT2D eigenvalue weighted by atomic mass is 79.9. The van der Waals surface area contributed by atoms with E-state index in [0.29, 0.717) is 15.1 Å². The smallest absolute Gasteiger partial charge is 0.140 e. The summed E-state index contributed by atoms with van der Waals surface area (Å²) in [6.45, 7) is 0. The predicted molar refractivity (Wildman–Crippen MR) is 87.6 cm³/mol. The topological polar surface area (TPSA) is 35.8 Å². The first kappa shape index (κ1) is 15.5. The third-order valence-electron chi connectivity index (χ3n) is 2.64. The second-order valence-corrected chi connectivity index (χ2v) is 6.08. The minimum absolute atomic E-state index is 0.420. The molecule has 0 saturated heterocycles. The Balaban J connectivity index is 2.26. The van der Waals surface area contributed by atoms with Gasteiger partial charge in [0.15, 0.2) is 0 Å². The highest BCUT2D eigenvalue weighted by Gasteiger charge is 2.12. The Kier molecular flexibility index (Phi) is 5.17. The molecule has 0 saturated carbocycles. The van der Waals surface area contributed by atoms with Crippen LogP contribution in [0, 0.1) is 11.3 Å². The van der Waals surface area contributed by atoms with E-state index in [0.717, 1.165) is 15.7 Å². The van der Waals surface area contributed by atoms with E-state index in [2.05, 4.69) is 27.3 Å². The summed E-state index contributed by atoms with van der Waals surface area (Å²) < 4.78 is 0.759. The van der Waals surface area contributed by atoms with E-state index in [1.807, 2.05) is 6.07 Å². The van der Waals surface area contributed by atoms with Crippen molar-refractivity contribution in [2.75, 3.05) is 5.32 Å². The number of nitrogens with zero attached hydrogens (tertiary/aromatic N) is 1. The number of benzene rings is 2. The molecule has 0 fully saturated rings. The molecule has 0 aliphatic carbocycles. The normalized spacial score (nSPS) is 11.8. The van der Waals surface area contributed by atoms with Crippen LogP contribution in [0.15, 0.2) is 40.9 Å². The van der Waals surface area contributed by atoms with Crippen LogP contribution in [0.2, 0.25) is 15.1 Å². The van der Waals surface area contributed by atoms with Crippen LogP contribution in [0.3, 0.4) is 0 Å². The number of hydrogen-bond donors (Lipinski definition) is 1. The molecule has 6 heteroatoms. The largest absolute Gasteiger partial charge is 0.366 e. The number of nitriles is 1. The SMILES string of the molecule is N#CC(Nc1ccc(Cl)c(Br)c1)c1ccc(Cl)c(Cl)c1. The predicted octanol–water partition coefficient (Wildman–Crippen LogP) is 6.09. The van der Waals surface area contributed by atoms with Gasteiger partial charge >= 0.3 is 0 Å². The lowest BCUT2D eigenvalue weighted by Gasteiger charge is -2.14. The Labute approximate surface area is 140 Å². The van der Waals surface area contributed by atoms with Gasteiger partial charge in [-0.25, -0.2) is 0 Å². The highest BCUT2D eigenvalue weighted by Crippen LogP contribution is 2.30. The van der Waals surface area contributed by atoms with Gasteiger partial charge in [-0.05, 0) is 51.8 Å². The van der Waals surface area contributed by atoms with Crippen LogP contribution >= 0.6 is 50.7 Å². The fourth-order valence-electron chi connectivity index (χ4n) is 1.63. The maximum Gasteiger partial charge on any atom is 0.140 e. The number of hydrogen-bond acceptors (Lipinski definition) is 2. The zero-order valence-electron chi connectivity index (χ0n) is 10.0. The summed E-state index contributed by atoms with van der Waals surface area (Å²) >= 11 is 21.1. The van der Waals surface area contributed by atoms with Crippen LogP contribution in [-0.2, 0) is 0 Å². The summed E-state index contributed by atoms with van der Waals surface area (Å²) in [5, 5.41) is 13.9. The molecule has 1 N–H and O–H groups in total. The minimum Gasteiger partial charge on any atom is -0.366 e. The van der Waals surface area contributed by atoms with E-state index in [-0.39, 0.29) is 0 Å². The van der Waals surface area contributed by atoms with Crippen LogP contribution in [0.25, 0.3) is 0 Å². The average Bonchev–Trinajstić information content (AvgIpc) is 2.43. The Hall–Kier alpha value is -0.920. The van der Waals surface area contributed by atoms with Crippen LogP contribution in [0.4, 0.5) is 5.69 Å². The van der Waals surface area contributed by atoms with Crippen molar-refractivity contribution in [3.05, 3.63) is 61.5 Å². The van der Waals surface area contributed by atoms with Gasteiger partial charge in [-0.1, -0.05) is 40.9 Å². The molecule has 2 nitrogen and oxygen atoms in total. The van der Waals surface area contributed by atoms with Crippen LogP contribution < -0.4 is 5.32 Å². The van der Waals surface area contributed by atoms with Gasteiger partial charge < -0.3 is 5.32 Å². The molecule has 0 amide bonds. The van der Waals surface area contributed by atoms with E-state index >= 15 is 0 Å². The molecular weight excluding hydrogens is 382 g/mol. The van der Waals surface area contributed by atoms with Crippen LogP contribution in [-0.4, -0.2) is 0 Å². The van der Waals surface area contributed by atoms with Gasteiger partial charge in [-0.15, -0.1) is 0 Å². The Bertz CT molecular complexity index is 683. The van der Waals surface area contributed by atoms with Gasteiger partial charge in [-0.2, -0.15) is 5.26 Å². The molecule has 0 radical (unpaired) electrons. The fourth-order valence-corrected chi connectivity index (χ4v) is 2.44. The van der Waals surface area contributed by atoms with Crippen molar-refractivity contribution in [2.45, 2.75) is 6.04 Å². The van der Waals surface area contributed by atoms with E-state index in [1.54, 1.807) is 30.3 Å². The van der Waals surface area contributed by atoms with E-state index in [4.69, 9.17) is 34.8 Å². The number of halogens is 4. The van der Waals surface area contributed by atoms with E-state index < -0.39 is 6.04 Å². The van der Waals surface area contributed by atoms with Crippen molar-refractivity contribution in [1.29, 1.82) is 5.26 Å².